The first-order chi connectivity index (χ1) is 18.3. The second kappa shape index (κ2) is 12.1. The van der Waals surface area contributed by atoms with Crippen LogP contribution in [0.25, 0.3) is 5.76 Å². The minimum absolute atomic E-state index is 0.130. The van der Waals surface area contributed by atoms with E-state index in [1.54, 1.807) is 17.0 Å². The third-order valence-electron chi connectivity index (χ3n) is 6.95. The summed E-state index contributed by atoms with van der Waals surface area (Å²) < 4.78 is 5.93. The van der Waals surface area contributed by atoms with E-state index in [1.165, 1.54) is 5.56 Å². The summed E-state index contributed by atoms with van der Waals surface area (Å²) in [5.74, 6) is -0.718. The third-order valence-corrected chi connectivity index (χ3v) is 6.95. The first-order valence-electron chi connectivity index (χ1n) is 13.1. The zero-order valence-electron chi connectivity index (χ0n) is 22.6. The van der Waals surface area contributed by atoms with Gasteiger partial charge < -0.3 is 19.6 Å². The highest BCUT2D eigenvalue weighted by molar-refractivity contribution is 6.46. The molecule has 1 N–H and O–H groups in total. The number of nitrogens with zero attached hydrogens (tertiary/aromatic N) is 2. The number of amides is 1. The van der Waals surface area contributed by atoms with Crippen LogP contribution in [-0.4, -0.2) is 53.8 Å². The summed E-state index contributed by atoms with van der Waals surface area (Å²) in [5, 5.41) is 11.5. The third kappa shape index (κ3) is 5.97. The van der Waals surface area contributed by atoms with Crippen molar-refractivity contribution in [3.05, 3.63) is 106 Å². The summed E-state index contributed by atoms with van der Waals surface area (Å²) in [7, 11) is 3.95. The maximum absolute atomic E-state index is 13.3. The number of aryl methyl sites for hydroxylation is 2. The van der Waals surface area contributed by atoms with Crippen molar-refractivity contribution in [1.29, 1.82) is 0 Å². The minimum Gasteiger partial charge on any atom is -0.507 e. The molecule has 0 radical (unpaired) electrons. The minimum atomic E-state index is -0.652. The van der Waals surface area contributed by atoms with Gasteiger partial charge in [0.15, 0.2) is 0 Å². The van der Waals surface area contributed by atoms with Crippen LogP contribution in [0.1, 0.15) is 47.2 Å². The molecule has 1 atom stereocenters. The number of ketones is 1. The van der Waals surface area contributed by atoms with Crippen LogP contribution in [0.2, 0.25) is 0 Å². The molecule has 4 rings (SSSR count). The Labute approximate surface area is 225 Å². The van der Waals surface area contributed by atoms with E-state index in [0.717, 1.165) is 36.1 Å². The molecule has 3 aromatic carbocycles. The van der Waals surface area contributed by atoms with E-state index >= 15 is 0 Å². The topological polar surface area (TPSA) is 70.1 Å². The van der Waals surface area contributed by atoms with Gasteiger partial charge >= 0.3 is 0 Å². The summed E-state index contributed by atoms with van der Waals surface area (Å²) in [6, 6.07) is 22.6. The SMILES string of the molecule is CCc1ccc([C@H]2C(=C(O)c3ccc(OCc4ccccc4)cc3C)C(=O)C(=O)N2CCCN(C)C)cc1. The number of carbonyl (C=O) groups excluding carboxylic acids is 2. The van der Waals surface area contributed by atoms with Gasteiger partial charge in [-0.25, -0.2) is 0 Å². The van der Waals surface area contributed by atoms with Gasteiger partial charge in [0.1, 0.15) is 18.1 Å². The molecule has 1 saturated heterocycles. The average molecular weight is 513 g/mol. The van der Waals surface area contributed by atoms with Crippen LogP contribution in [0, 0.1) is 6.92 Å². The Morgan fingerprint density at radius 1 is 0.974 bits per heavy atom. The number of rotatable bonds is 10. The van der Waals surface area contributed by atoms with Gasteiger partial charge in [0.2, 0.25) is 0 Å². The van der Waals surface area contributed by atoms with Gasteiger partial charge in [0, 0.05) is 12.1 Å². The molecule has 0 spiro atoms. The zero-order chi connectivity index (χ0) is 27.2. The summed E-state index contributed by atoms with van der Waals surface area (Å²) in [5.41, 5.74) is 4.43. The normalized spacial score (nSPS) is 16.9. The second-order valence-electron chi connectivity index (χ2n) is 10.00. The van der Waals surface area contributed by atoms with Gasteiger partial charge in [-0.05, 0) is 80.9 Å². The number of ether oxygens (including phenoxy) is 1. The fourth-order valence-corrected chi connectivity index (χ4v) is 4.83. The molecule has 1 fully saturated rings. The molecule has 3 aromatic rings. The van der Waals surface area contributed by atoms with E-state index in [1.807, 2.05) is 86.6 Å². The van der Waals surface area contributed by atoms with Gasteiger partial charge in [0.25, 0.3) is 11.7 Å². The predicted molar refractivity (Wildman–Crippen MR) is 150 cm³/mol. The molecule has 0 saturated carbocycles. The first kappa shape index (κ1) is 27.1. The fourth-order valence-electron chi connectivity index (χ4n) is 4.83. The van der Waals surface area contributed by atoms with Gasteiger partial charge in [-0.2, -0.15) is 0 Å². The van der Waals surface area contributed by atoms with E-state index in [9.17, 15) is 14.7 Å². The lowest BCUT2D eigenvalue weighted by atomic mass is 9.93. The van der Waals surface area contributed by atoms with Gasteiger partial charge in [-0.15, -0.1) is 0 Å². The van der Waals surface area contributed by atoms with Crippen molar-refractivity contribution >= 4 is 17.4 Å². The van der Waals surface area contributed by atoms with Crippen molar-refractivity contribution < 1.29 is 19.4 Å². The van der Waals surface area contributed by atoms with E-state index in [2.05, 4.69) is 6.92 Å². The molecule has 0 unspecified atom stereocenters. The molecular formula is C32H36N2O4. The number of Topliss-reactive ketones (excluding diaryl/α,β-unsaturated/α-hetero) is 1. The number of carbonyl (C=O) groups is 2. The summed E-state index contributed by atoms with van der Waals surface area (Å²) in [6.45, 7) is 5.58. The van der Waals surface area contributed by atoms with Gasteiger partial charge in [0.05, 0.1) is 11.6 Å². The van der Waals surface area contributed by atoms with Gasteiger partial charge in [-0.3, -0.25) is 9.59 Å². The quantitative estimate of drug-likeness (QED) is 0.220. The lowest BCUT2D eigenvalue weighted by Gasteiger charge is -2.26. The van der Waals surface area contributed by atoms with Crippen molar-refractivity contribution in [3.63, 3.8) is 0 Å². The van der Waals surface area contributed by atoms with Crippen LogP contribution in [-0.2, 0) is 22.6 Å². The molecule has 0 aliphatic carbocycles. The maximum atomic E-state index is 13.3. The number of hydrogen-bond donors (Lipinski definition) is 1. The number of aliphatic hydroxyl groups is 1. The predicted octanol–water partition coefficient (Wildman–Crippen LogP) is 5.51. The Bertz CT molecular complexity index is 1310. The number of aliphatic hydroxyl groups excluding tert-OH is 1. The standard InChI is InChI=1S/C32H36N2O4/c1-5-23-12-14-25(15-13-23)29-28(31(36)32(37)34(29)19-9-18-33(3)4)30(35)27-17-16-26(20-22(27)2)38-21-24-10-7-6-8-11-24/h6-8,10-17,20,29,35H,5,9,18-19,21H2,1-4H3/t29-/m0/s1. The molecule has 1 amide bonds. The summed E-state index contributed by atoms with van der Waals surface area (Å²) in [6.07, 6.45) is 1.61. The van der Waals surface area contributed by atoms with Crippen molar-refractivity contribution in [1.82, 2.24) is 9.80 Å². The fraction of sp³-hybridized carbons (Fsp3) is 0.312. The molecule has 1 heterocycles. The number of benzene rings is 3. The summed E-state index contributed by atoms with van der Waals surface area (Å²) >= 11 is 0. The van der Waals surface area contributed by atoms with Crippen LogP contribution < -0.4 is 4.74 Å². The largest absolute Gasteiger partial charge is 0.507 e. The summed E-state index contributed by atoms with van der Waals surface area (Å²) in [4.78, 5) is 30.2. The molecule has 0 bridgehead atoms. The van der Waals surface area contributed by atoms with E-state index in [4.69, 9.17) is 4.74 Å². The van der Waals surface area contributed by atoms with Crippen LogP contribution in [0.3, 0.4) is 0 Å². The Morgan fingerprint density at radius 3 is 2.32 bits per heavy atom. The smallest absolute Gasteiger partial charge is 0.295 e. The van der Waals surface area contributed by atoms with Crippen LogP contribution in [0.4, 0.5) is 0 Å². The van der Waals surface area contributed by atoms with Crippen molar-refractivity contribution in [2.24, 2.45) is 0 Å². The van der Waals surface area contributed by atoms with Crippen molar-refractivity contribution in [2.45, 2.75) is 39.3 Å². The maximum Gasteiger partial charge on any atom is 0.295 e. The molecule has 0 aromatic heterocycles. The average Bonchev–Trinajstić information content (AvgIpc) is 3.17. The van der Waals surface area contributed by atoms with Crippen molar-refractivity contribution in [3.8, 4) is 5.75 Å². The second-order valence-corrected chi connectivity index (χ2v) is 10.00. The Kier molecular flexibility index (Phi) is 8.64. The Balaban J connectivity index is 1.68. The highest BCUT2D eigenvalue weighted by Crippen LogP contribution is 2.40. The Hall–Kier alpha value is -3.90. The Morgan fingerprint density at radius 2 is 1.68 bits per heavy atom. The highest BCUT2D eigenvalue weighted by Gasteiger charge is 2.45. The molecule has 1 aliphatic heterocycles. The highest BCUT2D eigenvalue weighted by atomic mass is 16.5. The van der Waals surface area contributed by atoms with Crippen LogP contribution in [0.15, 0.2) is 78.4 Å². The van der Waals surface area contributed by atoms with Crippen LogP contribution in [0.5, 0.6) is 5.75 Å². The van der Waals surface area contributed by atoms with Crippen LogP contribution >= 0.6 is 0 Å². The molecule has 38 heavy (non-hydrogen) atoms. The lowest BCUT2D eigenvalue weighted by Crippen LogP contribution is -2.32. The first-order valence-corrected chi connectivity index (χ1v) is 13.1. The van der Waals surface area contributed by atoms with E-state index < -0.39 is 17.7 Å². The molecule has 1 aliphatic rings. The van der Waals surface area contributed by atoms with E-state index in [-0.39, 0.29) is 11.3 Å². The van der Waals surface area contributed by atoms with E-state index in [0.29, 0.717) is 24.5 Å². The van der Waals surface area contributed by atoms with Gasteiger partial charge in [-0.1, -0.05) is 61.5 Å². The zero-order valence-corrected chi connectivity index (χ0v) is 22.6. The molecule has 6 nitrogen and oxygen atoms in total. The lowest BCUT2D eigenvalue weighted by molar-refractivity contribution is -0.139. The monoisotopic (exact) mass is 512 g/mol. The number of hydrogen-bond acceptors (Lipinski definition) is 5. The number of likely N-dealkylation sites (tertiary alicyclic amines) is 1. The van der Waals surface area contributed by atoms with Crippen molar-refractivity contribution in [2.75, 3.05) is 27.2 Å². The molecule has 6 heteroatoms. The molecular weight excluding hydrogens is 476 g/mol. The molecule has 198 valence electrons.